The fraction of sp³-hybridized carbons (Fsp3) is 0.350. The number of allylic oxidation sites excluding steroid dienone is 26. The molecule has 0 heterocycles. The Hall–Kier alpha value is -2.86. The molecule has 0 aromatic heterocycles. The molecule has 0 aliphatic heterocycles. The molecule has 2 radical (unpaired) electrons. The zero-order valence-corrected chi connectivity index (χ0v) is 29.3. The van der Waals surface area contributed by atoms with Crippen molar-refractivity contribution in [2.75, 3.05) is 0 Å². The number of hydrogen-bond acceptors (Lipinski definition) is 0. The van der Waals surface area contributed by atoms with Gasteiger partial charge in [-0.3, -0.25) is 0 Å². The Bertz CT molecular complexity index is 1060. The van der Waals surface area contributed by atoms with Gasteiger partial charge in [-0.05, 0) is 94.9 Å². The second kappa shape index (κ2) is 26.1. The van der Waals surface area contributed by atoms with Crippen LogP contribution in [0.4, 0.5) is 0 Å². The molecular weight excluding hydrogens is 559 g/mol. The molecule has 0 aromatic carbocycles. The summed E-state index contributed by atoms with van der Waals surface area (Å²) in [7, 11) is 0. The molecule has 0 unspecified atom stereocenters. The summed E-state index contributed by atoms with van der Waals surface area (Å²) in [5.74, 6) is 0. The molecule has 0 atom stereocenters. The largest absolute Gasteiger partial charge is 0.0856 e. The number of hydrogen-bond donors (Lipinski definition) is 0. The Labute approximate surface area is 265 Å². The van der Waals surface area contributed by atoms with Gasteiger partial charge in [-0.2, -0.15) is 0 Å². The summed E-state index contributed by atoms with van der Waals surface area (Å²) < 4.78 is 0. The smallest absolute Gasteiger partial charge is 0 e. The second-order valence-corrected chi connectivity index (χ2v) is 11.1. The average molecular weight is 616 g/mol. The first-order valence-electron chi connectivity index (χ1n) is 14.7. The quantitative estimate of drug-likeness (QED) is 0.0920. The molecule has 0 saturated carbocycles. The van der Waals surface area contributed by atoms with E-state index in [1.165, 1.54) is 44.6 Å². The summed E-state index contributed by atoms with van der Waals surface area (Å²) in [6, 6.07) is 0. The van der Waals surface area contributed by atoms with E-state index in [2.05, 4.69) is 179 Å². The molecule has 0 N–H and O–H groups in total. The maximum Gasteiger partial charge on any atom is 0 e. The first kappa shape index (κ1) is 40.3. The van der Waals surface area contributed by atoms with Crippen LogP contribution in [0.1, 0.15) is 94.9 Å². The van der Waals surface area contributed by atoms with E-state index in [0.717, 1.165) is 25.7 Å². The van der Waals surface area contributed by atoms with E-state index in [1.807, 2.05) is 0 Å². The zero-order chi connectivity index (χ0) is 30.2. The summed E-state index contributed by atoms with van der Waals surface area (Å²) in [5.41, 5.74) is 10.5. The molecule has 0 aliphatic carbocycles. The molecule has 0 bridgehead atoms. The molecule has 0 amide bonds. The van der Waals surface area contributed by atoms with Crippen molar-refractivity contribution < 1.29 is 0 Å². The van der Waals surface area contributed by atoms with E-state index in [4.69, 9.17) is 0 Å². The predicted molar refractivity (Wildman–Crippen MR) is 191 cm³/mol. The Morgan fingerprint density at radius 2 is 0.634 bits per heavy atom. The molecule has 0 nitrogen and oxygen atoms in total. The van der Waals surface area contributed by atoms with Gasteiger partial charge in [0, 0.05) is 17.1 Å². The topological polar surface area (TPSA) is 0 Å². The molecule has 0 saturated heterocycles. The minimum atomic E-state index is 0. The van der Waals surface area contributed by atoms with Crippen LogP contribution in [0.25, 0.3) is 0 Å². The Morgan fingerprint density at radius 3 is 0.927 bits per heavy atom. The molecule has 41 heavy (non-hydrogen) atoms. The van der Waals surface area contributed by atoms with E-state index in [9.17, 15) is 0 Å². The van der Waals surface area contributed by atoms with Gasteiger partial charge in [0.05, 0.1) is 0 Å². The summed E-state index contributed by atoms with van der Waals surface area (Å²) >= 11 is 0. The van der Waals surface area contributed by atoms with Gasteiger partial charge in [0.25, 0.3) is 0 Å². The minimum absolute atomic E-state index is 0. The van der Waals surface area contributed by atoms with Crippen LogP contribution in [0.15, 0.2) is 154 Å². The van der Waals surface area contributed by atoms with E-state index in [1.54, 1.807) is 0 Å². The monoisotopic (exact) mass is 616 g/mol. The SMILES string of the molecule is CC(C)=CCC/C(C)=C/C=C/C(C)=C/C=C/C(C)=C/C=C/C=C(C)/C=C/C=C(C)/C=C/C=C(\C)CCC=C(C)C.[Se]. The molecule has 0 spiro atoms. The standard InChI is InChI=1S/C40H56.Se/c1-33(2)19-13-23-37(7)27-17-31-39(9)29-15-25-35(5)21-11-12-22-36(6)26-16-30-40(10)32-18-28-38(8)24-14-20-34(3)4;/h11-12,15-22,25-32H,13-14,23-24H2,1-10H3;/b12-11+,25-15+,26-16+,31-17+,32-18+,35-21+,36-22+,37-27+,38-28+,39-29+,40-30+;. The summed E-state index contributed by atoms with van der Waals surface area (Å²) in [4.78, 5) is 0. The first-order chi connectivity index (χ1) is 19.0. The molecule has 1 heteroatoms. The van der Waals surface area contributed by atoms with Crippen molar-refractivity contribution in [2.45, 2.75) is 94.9 Å². The van der Waals surface area contributed by atoms with Crippen LogP contribution >= 0.6 is 0 Å². The third-order valence-corrected chi connectivity index (χ3v) is 5.93. The van der Waals surface area contributed by atoms with E-state index < -0.39 is 0 Å². The number of rotatable bonds is 16. The third-order valence-electron chi connectivity index (χ3n) is 5.93. The van der Waals surface area contributed by atoms with Crippen LogP contribution in [0.2, 0.25) is 0 Å². The van der Waals surface area contributed by atoms with E-state index in [0.29, 0.717) is 0 Å². The Morgan fingerprint density at radius 1 is 0.366 bits per heavy atom. The second-order valence-electron chi connectivity index (χ2n) is 11.1. The van der Waals surface area contributed by atoms with E-state index >= 15 is 0 Å². The Balaban J connectivity index is 0. The molecule has 0 rings (SSSR count). The van der Waals surface area contributed by atoms with Crippen molar-refractivity contribution in [3.05, 3.63) is 154 Å². The van der Waals surface area contributed by atoms with Crippen LogP contribution < -0.4 is 0 Å². The maximum atomic E-state index is 2.30. The molecule has 0 aliphatic rings. The van der Waals surface area contributed by atoms with Gasteiger partial charge >= 0.3 is 0 Å². The molecular formula is C40H56Se. The Kier molecular flexibility index (Phi) is 25.6. The summed E-state index contributed by atoms with van der Waals surface area (Å²) in [6.45, 7) is 21.5. The van der Waals surface area contributed by atoms with Crippen LogP contribution in [-0.2, 0) is 0 Å². The fourth-order valence-electron chi connectivity index (χ4n) is 3.41. The van der Waals surface area contributed by atoms with Crippen molar-refractivity contribution >= 4 is 17.1 Å². The van der Waals surface area contributed by atoms with Gasteiger partial charge in [0.1, 0.15) is 0 Å². The van der Waals surface area contributed by atoms with Gasteiger partial charge < -0.3 is 0 Å². The van der Waals surface area contributed by atoms with Gasteiger partial charge in [0.15, 0.2) is 0 Å². The van der Waals surface area contributed by atoms with Crippen LogP contribution in [0, 0.1) is 0 Å². The summed E-state index contributed by atoms with van der Waals surface area (Å²) in [5, 5.41) is 0. The van der Waals surface area contributed by atoms with Gasteiger partial charge in [-0.25, -0.2) is 0 Å². The van der Waals surface area contributed by atoms with Gasteiger partial charge in [0.2, 0.25) is 0 Å². The van der Waals surface area contributed by atoms with Crippen molar-refractivity contribution in [2.24, 2.45) is 0 Å². The van der Waals surface area contributed by atoms with E-state index in [-0.39, 0.29) is 17.1 Å². The third kappa shape index (κ3) is 28.5. The molecule has 222 valence electrons. The normalized spacial score (nSPS) is 14.7. The van der Waals surface area contributed by atoms with Gasteiger partial charge in [-0.15, -0.1) is 0 Å². The average Bonchev–Trinajstić information content (AvgIpc) is 2.86. The maximum absolute atomic E-state index is 2.30. The molecule has 0 fully saturated rings. The fourth-order valence-corrected chi connectivity index (χ4v) is 3.41. The van der Waals surface area contributed by atoms with Crippen LogP contribution in [0.5, 0.6) is 0 Å². The first-order valence-corrected chi connectivity index (χ1v) is 14.7. The van der Waals surface area contributed by atoms with Crippen molar-refractivity contribution in [1.82, 2.24) is 0 Å². The van der Waals surface area contributed by atoms with Gasteiger partial charge in [-0.1, -0.05) is 154 Å². The predicted octanol–water partition coefficient (Wildman–Crippen LogP) is 12.6. The van der Waals surface area contributed by atoms with Crippen molar-refractivity contribution in [1.29, 1.82) is 0 Å². The van der Waals surface area contributed by atoms with Crippen LogP contribution in [0.3, 0.4) is 0 Å². The minimum Gasteiger partial charge on any atom is -0.0856 e. The van der Waals surface area contributed by atoms with Crippen molar-refractivity contribution in [3.8, 4) is 0 Å². The molecule has 0 aromatic rings. The zero-order valence-electron chi connectivity index (χ0n) is 27.6. The van der Waals surface area contributed by atoms with Crippen LogP contribution in [-0.4, -0.2) is 17.1 Å². The van der Waals surface area contributed by atoms with Crippen molar-refractivity contribution in [3.63, 3.8) is 0 Å². The summed E-state index contributed by atoms with van der Waals surface area (Å²) in [6.07, 6.45) is 43.3.